The number of benzene rings is 1. The molecule has 6 heteroatoms. The van der Waals surface area contributed by atoms with Gasteiger partial charge in [0.1, 0.15) is 0 Å². The number of anilines is 1. The van der Waals surface area contributed by atoms with E-state index in [1.807, 2.05) is 29.2 Å². The van der Waals surface area contributed by atoms with Crippen molar-refractivity contribution < 1.29 is 14.3 Å². The molecule has 0 unspecified atom stereocenters. The summed E-state index contributed by atoms with van der Waals surface area (Å²) in [5, 5.41) is 2.87. The van der Waals surface area contributed by atoms with Gasteiger partial charge in [-0.1, -0.05) is 22.0 Å². The van der Waals surface area contributed by atoms with Crippen molar-refractivity contribution in [2.45, 2.75) is 26.2 Å². The summed E-state index contributed by atoms with van der Waals surface area (Å²) in [5.74, 6) is 0.394. The number of esters is 1. The van der Waals surface area contributed by atoms with Crippen LogP contribution in [0.3, 0.4) is 0 Å². The average Bonchev–Trinajstić information content (AvgIpc) is 3.29. The van der Waals surface area contributed by atoms with E-state index >= 15 is 0 Å². The van der Waals surface area contributed by atoms with E-state index in [0.717, 1.165) is 16.7 Å². The molecule has 1 fully saturated rings. The predicted molar refractivity (Wildman–Crippen MR) is 93.2 cm³/mol. The molecule has 23 heavy (non-hydrogen) atoms. The van der Waals surface area contributed by atoms with Gasteiger partial charge in [0.05, 0.1) is 13.2 Å². The van der Waals surface area contributed by atoms with E-state index in [0.29, 0.717) is 25.5 Å². The third kappa shape index (κ3) is 7.14. The molecule has 0 atom stereocenters. The zero-order valence-electron chi connectivity index (χ0n) is 13.4. The number of hydrogen-bond acceptors (Lipinski definition) is 4. The van der Waals surface area contributed by atoms with Crippen molar-refractivity contribution in [3.8, 4) is 0 Å². The van der Waals surface area contributed by atoms with Crippen LogP contribution >= 0.6 is 15.9 Å². The van der Waals surface area contributed by atoms with Crippen molar-refractivity contribution in [3.63, 3.8) is 0 Å². The van der Waals surface area contributed by atoms with Gasteiger partial charge < -0.3 is 10.1 Å². The van der Waals surface area contributed by atoms with Gasteiger partial charge in [0, 0.05) is 29.7 Å². The Labute approximate surface area is 145 Å². The molecule has 1 N–H and O–H groups in total. The maximum Gasteiger partial charge on any atom is 0.320 e. The largest absolute Gasteiger partial charge is 0.465 e. The van der Waals surface area contributed by atoms with Crippen LogP contribution in [0.2, 0.25) is 0 Å². The summed E-state index contributed by atoms with van der Waals surface area (Å²) in [5.41, 5.74) is 0.767. The molecular formula is C17H23BrN2O3. The number of carbonyl (C=O) groups excluding carboxylic acids is 2. The van der Waals surface area contributed by atoms with Gasteiger partial charge in [-0.25, -0.2) is 0 Å². The molecule has 0 saturated heterocycles. The van der Waals surface area contributed by atoms with Gasteiger partial charge in [0.15, 0.2) is 0 Å². The van der Waals surface area contributed by atoms with E-state index in [1.54, 1.807) is 6.92 Å². The highest BCUT2D eigenvalue weighted by atomic mass is 79.9. The second-order valence-electron chi connectivity index (χ2n) is 5.79. The van der Waals surface area contributed by atoms with Crippen molar-refractivity contribution in [1.29, 1.82) is 0 Å². The highest BCUT2D eigenvalue weighted by molar-refractivity contribution is 9.10. The lowest BCUT2D eigenvalue weighted by atomic mass is 10.3. The zero-order valence-corrected chi connectivity index (χ0v) is 15.0. The van der Waals surface area contributed by atoms with Crippen molar-refractivity contribution in [2.24, 2.45) is 5.92 Å². The van der Waals surface area contributed by atoms with Crippen LogP contribution in [0.15, 0.2) is 28.7 Å². The Hall–Kier alpha value is -1.40. The van der Waals surface area contributed by atoms with E-state index in [9.17, 15) is 9.59 Å². The summed E-state index contributed by atoms with van der Waals surface area (Å²) >= 11 is 3.38. The minimum absolute atomic E-state index is 0.0484. The molecule has 1 saturated carbocycles. The lowest BCUT2D eigenvalue weighted by Crippen LogP contribution is -2.35. The van der Waals surface area contributed by atoms with Gasteiger partial charge in [-0.3, -0.25) is 14.5 Å². The van der Waals surface area contributed by atoms with Gasteiger partial charge in [-0.15, -0.1) is 0 Å². The molecule has 5 nitrogen and oxygen atoms in total. The number of rotatable bonds is 9. The van der Waals surface area contributed by atoms with Crippen molar-refractivity contribution >= 4 is 33.5 Å². The van der Waals surface area contributed by atoms with Crippen LogP contribution in [0.25, 0.3) is 0 Å². The van der Waals surface area contributed by atoms with E-state index in [2.05, 4.69) is 21.2 Å². The standard InChI is InChI=1S/C17H23BrN2O3/c1-2-23-17(22)12-20(11-13-6-7-13)9-8-16(21)19-15-5-3-4-14(18)10-15/h3-5,10,13H,2,6-9,11-12H2,1H3,(H,19,21). The molecule has 0 aliphatic heterocycles. The van der Waals surface area contributed by atoms with Crippen molar-refractivity contribution in [3.05, 3.63) is 28.7 Å². The molecule has 0 spiro atoms. The molecule has 1 aliphatic carbocycles. The number of nitrogens with zero attached hydrogens (tertiary/aromatic N) is 1. The Kier molecular flexibility index (Phi) is 7.05. The second-order valence-corrected chi connectivity index (χ2v) is 6.71. The minimum Gasteiger partial charge on any atom is -0.465 e. The zero-order chi connectivity index (χ0) is 16.7. The van der Waals surface area contributed by atoms with E-state index in [-0.39, 0.29) is 18.4 Å². The van der Waals surface area contributed by atoms with E-state index < -0.39 is 0 Å². The molecule has 1 aromatic carbocycles. The Bertz CT molecular complexity index is 546. The summed E-state index contributed by atoms with van der Waals surface area (Å²) < 4.78 is 5.93. The highest BCUT2D eigenvalue weighted by Gasteiger charge is 2.25. The van der Waals surface area contributed by atoms with Crippen LogP contribution in [0.4, 0.5) is 5.69 Å². The molecular weight excluding hydrogens is 360 g/mol. The first-order valence-electron chi connectivity index (χ1n) is 8.00. The Morgan fingerprint density at radius 2 is 2.17 bits per heavy atom. The fourth-order valence-electron chi connectivity index (χ4n) is 2.34. The third-order valence-corrected chi connectivity index (χ3v) is 4.13. The number of halogens is 1. The van der Waals surface area contributed by atoms with Gasteiger partial charge in [0.2, 0.25) is 5.91 Å². The number of carbonyl (C=O) groups is 2. The van der Waals surface area contributed by atoms with Crippen molar-refractivity contribution in [2.75, 3.05) is 31.6 Å². The molecule has 2 rings (SSSR count). The second kappa shape index (κ2) is 9.03. The van der Waals surface area contributed by atoms with Crippen LogP contribution in [-0.2, 0) is 14.3 Å². The summed E-state index contributed by atoms with van der Waals surface area (Å²) in [6.07, 6.45) is 2.78. The molecule has 0 radical (unpaired) electrons. The lowest BCUT2D eigenvalue weighted by molar-refractivity contribution is -0.144. The van der Waals surface area contributed by atoms with Crippen LogP contribution in [0.5, 0.6) is 0 Å². The highest BCUT2D eigenvalue weighted by Crippen LogP contribution is 2.29. The van der Waals surface area contributed by atoms with Crippen molar-refractivity contribution in [1.82, 2.24) is 4.90 Å². The first-order valence-corrected chi connectivity index (χ1v) is 8.79. The quantitative estimate of drug-likeness (QED) is 0.666. The summed E-state index contributed by atoms with van der Waals surface area (Å²) in [7, 11) is 0. The molecule has 126 valence electrons. The van der Waals surface area contributed by atoms with Gasteiger partial charge in [-0.05, 0) is 43.9 Å². The van der Waals surface area contributed by atoms with Gasteiger partial charge >= 0.3 is 5.97 Å². The number of ether oxygens (including phenoxy) is 1. The molecule has 0 aromatic heterocycles. The first kappa shape index (κ1) is 17.9. The SMILES string of the molecule is CCOC(=O)CN(CCC(=O)Nc1cccc(Br)c1)CC1CC1. The summed E-state index contributed by atoms with van der Waals surface area (Å²) in [6, 6.07) is 7.49. The monoisotopic (exact) mass is 382 g/mol. The fourth-order valence-corrected chi connectivity index (χ4v) is 2.74. The average molecular weight is 383 g/mol. The van der Waals surface area contributed by atoms with E-state index in [1.165, 1.54) is 12.8 Å². The molecule has 0 heterocycles. The maximum atomic E-state index is 12.1. The lowest BCUT2D eigenvalue weighted by Gasteiger charge is -2.20. The predicted octanol–water partition coefficient (Wildman–Crippen LogP) is 3.05. The molecule has 0 bridgehead atoms. The topological polar surface area (TPSA) is 58.6 Å². The Morgan fingerprint density at radius 3 is 2.83 bits per heavy atom. The number of hydrogen-bond donors (Lipinski definition) is 1. The van der Waals surface area contributed by atoms with Crippen LogP contribution in [0.1, 0.15) is 26.2 Å². The summed E-state index contributed by atoms with van der Waals surface area (Å²) in [6.45, 7) is 3.88. The van der Waals surface area contributed by atoms with Crippen LogP contribution < -0.4 is 5.32 Å². The first-order chi connectivity index (χ1) is 11.1. The maximum absolute atomic E-state index is 12.1. The molecule has 1 amide bonds. The molecule has 1 aliphatic rings. The smallest absolute Gasteiger partial charge is 0.320 e. The Balaban J connectivity index is 1.79. The molecule has 1 aromatic rings. The third-order valence-electron chi connectivity index (χ3n) is 3.63. The van der Waals surface area contributed by atoms with Crippen LogP contribution in [-0.4, -0.2) is 43.0 Å². The van der Waals surface area contributed by atoms with Crippen LogP contribution in [0, 0.1) is 5.92 Å². The normalized spacial score (nSPS) is 13.9. The Morgan fingerprint density at radius 1 is 1.39 bits per heavy atom. The van der Waals surface area contributed by atoms with Gasteiger partial charge in [0.25, 0.3) is 0 Å². The minimum atomic E-state index is -0.222. The number of nitrogens with one attached hydrogen (secondary N) is 1. The fraction of sp³-hybridized carbons (Fsp3) is 0.529. The van der Waals surface area contributed by atoms with E-state index in [4.69, 9.17) is 4.74 Å². The number of amides is 1. The van der Waals surface area contributed by atoms with Gasteiger partial charge in [-0.2, -0.15) is 0 Å². The summed E-state index contributed by atoms with van der Waals surface area (Å²) in [4.78, 5) is 25.8.